The minimum Gasteiger partial charge on any atom is -0.497 e. The first-order chi connectivity index (χ1) is 16.6. The summed E-state index contributed by atoms with van der Waals surface area (Å²) in [7, 11) is -2.20. The minimum absolute atomic E-state index is 0.0459. The van der Waals surface area contributed by atoms with Crippen LogP contribution in [0.15, 0.2) is 65.6 Å². The van der Waals surface area contributed by atoms with E-state index in [-0.39, 0.29) is 16.7 Å². The zero-order chi connectivity index (χ0) is 25.3. The van der Waals surface area contributed by atoms with Crippen LogP contribution in [0, 0.1) is 12.8 Å². The van der Waals surface area contributed by atoms with E-state index in [9.17, 15) is 13.2 Å². The summed E-state index contributed by atoms with van der Waals surface area (Å²) in [6.07, 6.45) is 0. The van der Waals surface area contributed by atoms with Crippen molar-refractivity contribution >= 4 is 21.7 Å². The highest BCUT2D eigenvalue weighted by atomic mass is 32.2. The molecular weight excluding hydrogens is 466 g/mol. The van der Waals surface area contributed by atoms with Gasteiger partial charge in [0.25, 0.3) is 10.0 Å². The van der Waals surface area contributed by atoms with E-state index in [1.807, 2.05) is 36.4 Å². The summed E-state index contributed by atoms with van der Waals surface area (Å²) in [6, 6.07) is 18.2. The lowest BCUT2D eigenvalue weighted by molar-refractivity contribution is -0.139. The fourth-order valence-electron chi connectivity index (χ4n) is 4.44. The molecule has 0 bridgehead atoms. The number of carboxylic acids is 1. The highest BCUT2D eigenvalue weighted by Gasteiger charge is 2.38. The summed E-state index contributed by atoms with van der Waals surface area (Å²) in [6.45, 7) is 5.76. The van der Waals surface area contributed by atoms with Crippen molar-refractivity contribution in [3.63, 3.8) is 0 Å². The Morgan fingerprint density at radius 1 is 1.09 bits per heavy atom. The number of ether oxygens (including phenoxy) is 2. The van der Waals surface area contributed by atoms with Gasteiger partial charge in [0.2, 0.25) is 0 Å². The zero-order valence-corrected chi connectivity index (χ0v) is 21.0. The van der Waals surface area contributed by atoms with Crippen LogP contribution in [0.1, 0.15) is 30.9 Å². The van der Waals surface area contributed by atoms with Gasteiger partial charge in [-0.2, -0.15) is 0 Å². The maximum Gasteiger partial charge on any atom is 0.341 e. The molecule has 3 aromatic carbocycles. The summed E-state index contributed by atoms with van der Waals surface area (Å²) in [5.74, 6) is 0.297. The molecule has 1 aliphatic heterocycles. The average Bonchev–Trinajstić information content (AvgIpc) is 3.23. The molecule has 3 aromatic rings. The van der Waals surface area contributed by atoms with Gasteiger partial charge in [-0.3, -0.25) is 4.31 Å². The standard InChI is InChI=1S/C27H29NO6S/c1-17(2)24-15-28(35(31,32)22-9-11-26(18(3)12-22)34-16-27(29)30)25-10-8-20(14-23(24)25)19-6-5-7-21(13-19)33-4/h5-14,17,24H,15-16H2,1-4H3,(H,29,30). The quantitative estimate of drug-likeness (QED) is 0.468. The lowest BCUT2D eigenvalue weighted by Gasteiger charge is -2.21. The van der Waals surface area contributed by atoms with Gasteiger partial charge >= 0.3 is 5.97 Å². The van der Waals surface area contributed by atoms with Crippen molar-refractivity contribution in [2.45, 2.75) is 31.6 Å². The van der Waals surface area contributed by atoms with Gasteiger partial charge in [0, 0.05) is 12.5 Å². The Morgan fingerprint density at radius 3 is 2.49 bits per heavy atom. The molecule has 184 valence electrons. The third-order valence-electron chi connectivity index (χ3n) is 6.35. The van der Waals surface area contributed by atoms with E-state index >= 15 is 0 Å². The van der Waals surface area contributed by atoms with E-state index in [0.717, 1.165) is 22.4 Å². The van der Waals surface area contributed by atoms with Crippen LogP contribution >= 0.6 is 0 Å². The number of carbonyl (C=O) groups is 1. The summed E-state index contributed by atoms with van der Waals surface area (Å²) < 4.78 is 39.5. The molecular formula is C27H29NO6S. The Morgan fingerprint density at radius 2 is 1.83 bits per heavy atom. The summed E-state index contributed by atoms with van der Waals surface area (Å²) >= 11 is 0. The number of aryl methyl sites for hydroxylation is 1. The number of hydrogen-bond acceptors (Lipinski definition) is 5. The first-order valence-electron chi connectivity index (χ1n) is 11.4. The van der Waals surface area contributed by atoms with Crippen molar-refractivity contribution < 1.29 is 27.8 Å². The summed E-state index contributed by atoms with van der Waals surface area (Å²) in [5.41, 5.74) is 4.24. The Bertz CT molecular complexity index is 1370. The zero-order valence-electron chi connectivity index (χ0n) is 20.2. The molecule has 1 atom stereocenters. The van der Waals surface area contributed by atoms with Crippen LogP contribution in [0.3, 0.4) is 0 Å². The van der Waals surface area contributed by atoms with Crippen molar-refractivity contribution in [3.8, 4) is 22.6 Å². The normalized spacial score (nSPS) is 15.2. The van der Waals surface area contributed by atoms with Crippen LogP contribution < -0.4 is 13.8 Å². The SMILES string of the molecule is COc1cccc(-c2ccc3c(c2)C(C(C)C)CN3S(=O)(=O)c2ccc(OCC(=O)O)c(C)c2)c1. The molecule has 0 aromatic heterocycles. The van der Waals surface area contributed by atoms with Gasteiger partial charge in [-0.1, -0.05) is 32.0 Å². The predicted molar refractivity (Wildman–Crippen MR) is 135 cm³/mol. The average molecular weight is 496 g/mol. The first-order valence-corrected chi connectivity index (χ1v) is 12.8. The van der Waals surface area contributed by atoms with Crippen LogP contribution in [0.2, 0.25) is 0 Å². The van der Waals surface area contributed by atoms with Gasteiger partial charge in [-0.05, 0) is 77.6 Å². The van der Waals surface area contributed by atoms with Crippen molar-refractivity contribution in [1.82, 2.24) is 0 Å². The van der Waals surface area contributed by atoms with E-state index in [1.165, 1.54) is 22.5 Å². The van der Waals surface area contributed by atoms with Crippen molar-refractivity contribution in [1.29, 1.82) is 0 Å². The fraction of sp³-hybridized carbons (Fsp3) is 0.296. The number of carboxylic acid groups (broad SMARTS) is 1. The number of sulfonamides is 1. The van der Waals surface area contributed by atoms with E-state index in [0.29, 0.717) is 23.5 Å². The van der Waals surface area contributed by atoms with Gasteiger partial charge in [0.05, 0.1) is 17.7 Å². The Kier molecular flexibility index (Phi) is 6.76. The highest BCUT2D eigenvalue weighted by Crippen LogP contribution is 2.45. The van der Waals surface area contributed by atoms with Crippen LogP contribution in [0.5, 0.6) is 11.5 Å². The summed E-state index contributed by atoms with van der Waals surface area (Å²) in [5, 5.41) is 8.84. The number of methoxy groups -OCH3 is 1. The second kappa shape index (κ2) is 9.62. The van der Waals surface area contributed by atoms with E-state index in [1.54, 1.807) is 14.0 Å². The largest absolute Gasteiger partial charge is 0.497 e. The van der Waals surface area contributed by atoms with Gasteiger partial charge < -0.3 is 14.6 Å². The monoisotopic (exact) mass is 495 g/mol. The van der Waals surface area contributed by atoms with Crippen molar-refractivity contribution in [3.05, 3.63) is 71.8 Å². The molecule has 0 saturated carbocycles. The van der Waals surface area contributed by atoms with Gasteiger partial charge in [0.1, 0.15) is 11.5 Å². The van der Waals surface area contributed by atoms with Crippen LogP contribution in [0.25, 0.3) is 11.1 Å². The fourth-order valence-corrected chi connectivity index (χ4v) is 6.05. The second-order valence-electron chi connectivity index (χ2n) is 9.00. The minimum atomic E-state index is -3.84. The maximum absolute atomic E-state index is 13.7. The Balaban J connectivity index is 1.72. The van der Waals surface area contributed by atoms with E-state index in [4.69, 9.17) is 14.6 Å². The molecule has 8 heteroatoms. The van der Waals surface area contributed by atoms with Crippen LogP contribution in [0.4, 0.5) is 5.69 Å². The van der Waals surface area contributed by atoms with Gasteiger partial charge in [-0.15, -0.1) is 0 Å². The number of aliphatic carboxylic acids is 1. The lowest BCUT2D eigenvalue weighted by Crippen LogP contribution is -2.30. The molecule has 0 spiro atoms. The number of anilines is 1. The second-order valence-corrected chi connectivity index (χ2v) is 10.9. The van der Waals surface area contributed by atoms with E-state index < -0.39 is 22.6 Å². The molecule has 4 rings (SSSR count). The number of hydrogen-bond donors (Lipinski definition) is 1. The molecule has 35 heavy (non-hydrogen) atoms. The number of nitrogens with zero attached hydrogens (tertiary/aromatic N) is 1. The maximum atomic E-state index is 13.7. The first kappa shape index (κ1) is 24.6. The number of fused-ring (bicyclic) bond motifs is 1. The van der Waals surface area contributed by atoms with Crippen molar-refractivity contribution in [2.24, 2.45) is 5.92 Å². The highest BCUT2D eigenvalue weighted by molar-refractivity contribution is 7.92. The van der Waals surface area contributed by atoms with Crippen molar-refractivity contribution in [2.75, 3.05) is 24.6 Å². The number of benzene rings is 3. The van der Waals surface area contributed by atoms with Crippen LogP contribution in [-0.4, -0.2) is 39.8 Å². The van der Waals surface area contributed by atoms with E-state index in [2.05, 4.69) is 19.9 Å². The Labute approximate surface area is 206 Å². The van der Waals surface area contributed by atoms with Crippen LogP contribution in [-0.2, 0) is 14.8 Å². The number of rotatable bonds is 8. The molecule has 1 unspecified atom stereocenters. The Hall–Kier alpha value is -3.52. The smallest absolute Gasteiger partial charge is 0.341 e. The molecule has 0 amide bonds. The topological polar surface area (TPSA) is 93.1 Å². The molecule has 0 saturated heterocycles. The molecule has 1 aliphatic rings. The molecule has 1 heterocycles. The third-order valence-corrected chi connectivity index (χ3v) is 8.13. The third kappa shape index (κ3) is 4.84. The molecule has 0 aliphatic carbocycles. The lowest BCUT2D eigenvalue weighted by atomic mass is 9.88. The molecule has 1 N–H and O–H groups in total. The predicted octanol–water partition coefficient (Wildman–Crippen LogP) is 5.08. The van der Waals surface area contributed by atoms with Gasteiger partial charge in [-0.25, -0.2) is 13.2 Å². The molecule has 7 nitrogen and oxygen atoms in total. The molecule has 0 fully saturated rings. The molecule has 0 radical (unpaired) electrons. The summed E-state index contributed by atoms with van der Waals surface area (Å²) in [4.78, 5) is 10.9. The van der Waals surface area contributed by atoms with Gasteiger partial charge in [0.15, 0.2) is 6.61 Å².